The van der Waals surface area contributed by atoms with Crippen molar-refractivity contribution < 1.29 is 23.9 Å². The van der Waals surface area contributed by atoms with Crippen LogP contribution in [0.4, 0.5) is 11.8 Å². The normalized spacial score (nSPS) is 11.6. The molecule has 1 amide bonds. The number of nitrogens with two attached hydrogens (primary N) is 2. The minimum absolute atomic E-state index is 0.00942. The first kappa shape index (κ1) is 26.3. The number of esters is 2. The predicted octanol–water partition coefficient (Wildman–Crippen LogP) is 1.98. The molecule has 0 saturated carbocycles. The van der Waals surface area contributed by atoms with Crippen LogP contribution < -0.4 is 16.8 Å². The first-order chi connectivity index (χ1) is 17.3. The molecular weight excluding hydrogens is 464 g/mol. The summed E-state index contributed by atoms with van der Waals surface area (Å²) in [7, 11) is 0. The lowest BCUT2D eigenvalue weighted by atomic mass is 10.0. The van der Waals surface area contributed by atoms with E-state index in [1.807, 2.05) is 18.2 Å². The fourth-order valence-corrected chi connectivity index (χ4v) is 3.58. The smallest absolute Gasteiger partial charge is 0.328 e. The van der Waals surface area contributed by atoms with Crippen molar-refractivity contribution in [1.82, 2.24) is 20.3 Å². The Morgan fingerprint density at radius 3 is 2.42 bits per heavy atom. The van der Waals surface area contributed by atoms with Gasteiger partial charge < -0.3 is 26.3 Å². The van der Waals surface area contributed by atoms with Gasteiger partial charge in [-0.3, -0.25) is 14.6 Å². The zero-order valence-corrected chi connectivity index (χ0v) is 20.3. The Balaban J connectivity index is 1.61. The van der Waals surface area contributed by atoms with Gasteiger partial charge in [0.25, 0.3) is 5.91 Å². The summed E-state index contributed by atoms with van der Waals surface area (Å²) in [6.45, 7) is 3.79. The van der Waals surface area contributed by atoms with Gasteiger partial charge >= 0.3 is 11.9 Å². The van der Waals surface area contributed by atoms with E-state index < -0.39 is 23.9 Å². The number of nitrogens with one attached hydrogen (secondary N) is 1. The standard InChI is InChI=1S/C25H30N6O5/c1-3-35-21(32)12-11-19(24(34)36-4-2)29-23(33)16-8-5-15(6-9-16)7-10-17-13-18-20(14-28-17)30-25(27)31-22(18)26/h5-6,8-9,13-14,19H,3-4,7,10-12H2,1-2H3,(H,29,33)(H4,26,27,30,31)/t19-/m0/s1. The molecule has 2 aromatic heterocycles. The second kappa shape index (κ2) is 12.4. The number of hydrogen-bond donors (Lipinski definition) is 3. The third-order valence-electron chi connectivity index (χ3n) is 5.39. The van der Waals surface area contributed by atoms with Crippen molar-refractivity contribution in [2.75, 3.05) is 24.7 Å². The van der Waals surface area contributed by atoms with Gasteiger partial charge in [0.1, 0.15) is 11.9 Å². The van der Waals surface area contributed by atoms with Crippen LogP contribution in [0.25, 0.3) is 10.9 Å². The van der Waals surface area contributed by atoms with E-state index in [0.29, 0.717) is 35.1 Å². The third-order valence-corrected chi connectivity index (χ3v) is 5.39. The van der Waals surface area contributed by atoms with Crippen molar-refractivity contribution in [3.63, 3.8) is 0 Å². The Morgan fingerprint density at radius 2 is 1.72 bits per heavy atom. The number of aryl methyl sites for hydroxylation is 2. The lowest BCUT2D eigenvalue weighted by molar-refractivity contribution is -0.146. The SMILES string of the molecule is CCOC(=O)CC[C@H](NC(=O)c1ccc(CCc2cc3c(N)nc(N)nc3cn2)cc1)C(=O)OCC. The highest BCUT2D eigenvalue weighted by atomic mass is 16.5. The number of anilines is 2. The van der Waals surface area contributed by atoms with Crippen molar-refractivity contribution in [1.29, 1.82) is 0 Å². The number of pyridine rings is 1. The molecule has 11 heteroatoms. The molecule has 0 aliphatic heterocycles. The molecule has 190 valence electrons. The Labute approximate surface area is 208 Å². The molecule has 1 aromatic carbocycles. The number of nitrogens with zero attached hydrogens (tertiary/aromatic N) is 3. The maximum absolute atomic E-state index is 12.7. The first-order valence-corrected chi connectivity index (χ1v) is 11.7. The van der Waals surface area contributed by atoms with Gasteiger partial charge in [0.2, 0.25) is 5.95 Å². The molecular formula is C25H30N6O5. The predicted molar refractivity (Wildman–Crippen MR) is 134 cm³/mol. The number of fused-ring (bicyclic) bond motifs is 1. The molecule has 0 radical (unpaired) electrons. The fraction of sp³-hybridized carbons (Fsp3) is 0.360. The van der Waals surface area contributed by atoms with Crippen LogP contribution in [0.2, 0.25) is 0 Å². The topological polar surface area (TPSA) is 172 Å². The number of hydrogen-bond acceptors (Lipinski definition) is 10. The number of rotatable bonds is 11. The van der Waals surface area contributed by atoms with Gasteiger partial charge in [-0.25, -0.2) is 9.78 Å². The monoisotopic (exact) mass is 494 g/mol. The molecule has 11 nitrogen and oxygen atoms in total. The molecule has 3 aromatic rings. The minimum Gasteiger partial charge on any atom is -0.466 e. The van der Waals surface area contributed by atoms with Crippen molar-refractivity contribution in [3.05, 3.63) is 53.3 Å². The summed E-state index contributed by atoms with van der Waals surface area (Å²) >= 11 is 0. The lowest BCUT2D eigenvalue weighted by Gasteiger charge is -2.17. The van der Waals surface area contributed by atoms with E-state index in [1.165, 1.54) is 0 Å². The van der Waals surface area contributed by atoms with E-state index in [9.17, 15) is 14.4 Å². The van der Waals surface area contributed by atoms with Crippen molar-refractivity contribution in [3.8, 4) is 0 Å². The molecule has 0 aliphatic rings. The number of nitrogen functional groups attached to an aromatic ring is 2. The van der Waals surface area contributed by atoms with Gasteiger partial charge in [0.05, 0.1) is 24.9 Å². The summed E-state index contributed by atoms with van der Waals surface area (Å²) in [5.41, 5.74) is 14.4. The summed E-state index contributed by atoms with van der Waals surface area (Å²) < 4.78 is 9.93. The quantitative estimate of drug-likeness (QED) is 0.335. The highest BCUT2D eigenvalue weighted by Crippen LogP contribution is 2.19. The van der Waals surface area contributed by atoms with Gasteiger partial charge in [-0.2, -0.15) is 4.98 Å². The van der Waals surface area contributed by atoms with Gasteiger partial charge in [0, 0.05) is 23.1 Å². The van der Waals surface area contributed by atoms with E-state index in [4.69, 9.17) is 20.9 Å². The van der Waals surface area contributed by atoms with E-state index in [1.54, 1.807) is 32.2 Å². The maximum atomic E-state index is 12.7. The summed E-state index contributed by atoms with van der Waals surface area (Å²) in [6, 6.07) is 7.93. The van der Waals surface area contributed by atoms with Crippen LogP contribution in [0.5, 0.6) is 0 Å². The van der Waals surface area contributed by atoms with Crippen LogP contribution in [0.15, 0.2) is 36.5 Å². The Kier molecular flexibility index (Phi) is 9.09. The fourth-order valence-electron chi connectivity index (χ4n) is 3.58. The lowest BCUT2D eigenvalue weighted by Crippen LogP contribution is -2.42. The number of aromatic nitrogens is 3. The van der Waals surface area contributed by atoms with E-state index in [0.717, 1.165) is 11.3 Å². The van der Waals surface area contributed by atoms with Crippen molar-refractivity contribution in [2.24, 2.45) is 0 Å². The Bertz CT molecular complexity index is 1230. The maximum Gasteiger partial charge on any atom is 0.328 e. The zero-order chi connectivity index (χ0) is 26.1. The van der Waals surface area contributed by atoms with Crippen LogP contribution in [-0.4, -0.2) is 52.1 Å². The third kappa shape index (κ3) is 7.11. The minimum atomic E-state index is -0.952. The Hall–Kier alpha value is -4.28. The highest BCUT2D eigenvalue weighted by Gasteiger charge is 2.24. The molecule has 0 spiro atoms. The van der Waals surface area contributed by atoms with E-state index in [-0.39, 0.29) is 32.0 Å². The van der Waals surface area contributed by atoms with Crippen LogP contribution in [0, 0.1) is 0 Å². The van der Waals surface area contributed by atoms with E-state index in [2.05, 4.69) is 20.3 Å². The largest absolute Gasteiger partial charge is 0.466 e. The van der Waals surface area contributed by atoms with Crippen LogP contribution in [0.1, 0.15) is 48.3 Å². The van der Waals surface area contributed by atoms with Gasteiger partial charge in [-0.15, -0.1) is 0 Å². The second-order valence-corrected chi connectivity index (χ2v) is 7.98. The molecule has 36 heavy (non-hydrogen) atoms. The summed E-state index contributed by atoms with van der Waals surface area (Å²) in [4.78, 5) is 49.2. The van der Waals surface area contributed by atoms with Crippen LogP contribution in [0.3, 0.4) is 0 Å². The molecule has 0 fully saturated rings. The number of carbonyl (C=O) groups excluding carboxylic acids is 3. The zero-order valence-electron chi connectivity index (χ0n) is 20.3. The molecule has 0 saturated heterocycles. The van der Waals surface area contributed by atoms with E-state index >= 15 is 0 Å². The molecule has 2 heterocycles. The molecule has 0 unspecified atom stereocenters. The number of amides is 1. The summed E-state index contributed by atoms with van der Waals surface area (Å²) in [5, 5.41) is 3.35. The number of carbonyl (C=O) groups is 3. The van der Waals surface area contributed by atoms with Crippen LogP contribution >= 0.6 is 0 Å². The highest BCUT2D eigenvalue weighted by molar-refractivity contribution is 5.97. The van der Waals surface area contributed by atoms with Crippen molar-refractivity contribution in [2.45, 2.75) is 45.6 Å². The molecule has 5 N–H and O–H groups in total. The summed E-state index contributed by atoms with van der Waals surface area (Å²) in [6.07, 6.45) is 3.02. The van der Waals surface area contributed by atoms with Gasteiger partial charge in [-0.1, -0.05) is 12.1 Å². The second-order valence-electron chi connectivity index (χ2n) is 7.98. The summed E-state index contributed by atoms with van der Waals surface area (Å²) in [5.74, 6) is -1.06. The average molecular weight is 495 g/mol. The molecule has 0 aliphatic carbocycles. The molecule has 0 bridgehead atoms. The number of ether oxygens (including phenoxy) is 2. The van der Waals surface area contributed by atoms with Crippen molar-refractivity contribution >= 4 is 40.5 Å². The number of benzene rings is 1. The van der Waals surface area contributed by atoms with Crippen LogP contribution in [-0.2, 0) is 31.9 Å². The molecule has 3 rings (SSSR count). The van der Waals surface area contributed by atoms with Gasteiger partial charge in [0.15, 0.2) is 0 Å². The molecule has 1 atom stereocenters. The Morgan fingerprint density at radius 1 is 1.00 bits per heavy atom. The first-order valence-electron chi connectivity index (χ1n) is 11.7. The van der Waals surface area contributed by atoms with Gasteiger partial charge in [-0.05, 0) is 56.9 Å². The average Bonchev–Trinajstić information content (AvgIpc) is 2.85.